The van der Waals surface area contributed by atoms with E-state index in [9.17, 15) is 18.4 Å². The number of anilines is 1. The lowest BCUT2D eigenvalue weighted by Gasteiger charge is -2.16. The van der Waals surface area contributed by atoms with Gasteiger partial charge in [0.2, 0.25) is 0 Å². The minimum absolute atomic E-state index is 0.0241. The van der Waals surface area contributed by atoms with Gasteiger partial charge in [-0.1, -0.05) is 23.7 Å². The molecule has 0 fully saturated rings. The molecule has 0 bridgehead atoms. The average Bonchev–Trinajstić information content (AvgIpc) is 3.45. The van der Waals surface area contributed by atoms with E-state index in [4.69, 9.17) is 17.3 Å². The molecule has 0 spiro atoms. The number of nitrogens with one attached hydrogen (secondary N) is 2. The van der Waals surface area contributed by atoms with Gasteiger partial charge in [0.15, 0.2) is 11.5 Å². The number of hydrogen-bond acceptors (Lipinski definition) is 5. The predicted molar refractivity (Wildman–Crippen MR) is 130 cm³/mol. The number of rotatable bonds is 5. The molecule has 0 unspecified atom stereocenters. The molecule has 4 N–H and O–H groups in total. The van der Waals surface area contributed by atoms with Crippen molar-refractivity contribution in [3.05, 3.63) is 92.9 Å². The molecular weight excluding hydrogens is 490 g/mol. The zero-order valence-corrected chi connectivity index (χ0v) is 19.9. The van der Waals surface area contributed by atoms with Gasteiger partial charge >= 0.3 is 0 Å². The molecule has 2 aromatic heterocycles. The van der Waals surface area contributed by atoms with E-state index in [-0.39, 0.29) is 34.6 Å². The number of benzene rings is 2. The van der Waals surface area contributed by atoms with Crippen molar-refractivity contribution in [2.24, 2.45) is 0 Å². The molecule has 2 aromatic carbocycles. The second-order valence-corrected chi connectivity index (χ2v) is 9.01. The quantitative estimate of drug-likeness (QED) is 0.352. The Morgan fingerprint density at radius 3 is 2.75 bits per heavy atom. The van der Waals surface area contributed by atoms with Crippen LogP contribution in [0, 0.1) is 18.6 Å². The minimum atomic E-state index is -0.777. The average molecular weight is 511 g/mol. The van der Waals surface area contributed by atoms with Gasteiger partial charge in [0.05, 0.1) is 17.3 Å². The van der Waals surface area contributed by atoms with Gasteiger partial charge in [-0.25, -0.2) is 18.3 Å². The molecule has 8 nitrogen and oxygen atoms in total. The summed E-state index contributed by atoms with van der Waals surface area (Å²) in [6, 6.07) is 8.74. The number of hydrogen-bond donors (Lipinski definition) is 3. The Balaban J connectivity index is 1.41. The summed E-state index contributed by atoms with van der Waals surface area (Å²) >= 11 is 5.79. The maximum absolute atomic E-state index is 14.4. The zero-order chi connectivity index (χ0) is 25.6. The molecular formula is C25H21ClF2N6O2. The van der Waals surface area contributed by atoms with Gasteiger partial charge in [0, 0.05) is 18.3 Å². The van der Waals surface area contributed by atoms with Crippen LogP contribution < -0.4 is 16.4 Å². The van der Waals surface area contributed by atoms with Crippen LogP contribution in [0.25, 0.3) is 5.65 Å². The first-order chi connectivity index (χ1) is 17.2. The lowest BCUT2D eigenvalue weighted by Crippen LogP contribution is -2.30. The molecule has 0 aliphatic heterocycles. The molecule has 2 amide bonds. The molecule has 5 rings (SSSR count). The van der Waals surface area contributed by atoms with Crippen LogP contribution in [-0.2, 0) is 13.0 Å². The summed E-state index contributed by atoms with van der Waals surface area (Å²) in [7, 11) is 0. The molecule has 0 saturated carbocycles. The zero-order valence-electron chi connectivity index (χ0n) is 19.1. The fourth-order valence-corrected chi connectivity index (χ4v) is 4.62. The van der Waals surface area contributed by atoms with Crippen molar-refractivity contribution in [1.29, 1.82) is 0 Å². The van der Waals surface area contributed by atoms with Crippen molar-refractivity contribution >= 4 is 34.7 Å². The molecule has 2 heterocycles. The maximum Gasteiger partial charge on any atom is 0.270 e. The van der Waals surface area contributed by atoms with E-state index >= 15 is 0 Å². The number of fused-ring (bicyclic) bond motifs is 2. The summed E-state index contributed by atoms with van der Waals surface area (Å²) in [5.74, 6) is -2.53. The van der Waals surface area contributed by atoms with Crippen LogP contribution in [0.2, 0.25) is 5.02 Å². The molecule has 11 heteroatoms. The van der Waals surface area contributed by atoms with Gasteiger partial charge in [0.25, 0.3) is 11.8 Å². The molecule has 4 aromatic rings. The van der Waals surface area contributed by atoms with E-state index in [1.54, 1.807) is 0 Å². The van der Waals surface area contributed by atoms with Crippen molar-refractivity contribution in [3.63, 3.8) is 0 Å². The first-order valence-electron chi connectivity index (χ1n) is 11.2. The van der Waals surface area contributed by atoms with Gasteiger partial charge in [0.1, 0.15) is 17.2 Å². The van der Waals surface area contributed by atoms with E-state index in [1.165, 1.54) is 24.3 Å². The second-order valence-electron chi connectivity index (χ2n) is 8.60. The van der Waals surface area contributed by atoms with Gasteiger partial charge in [-0.05, 0) is 60.2 Å². The number of carbonyl (C=O) groups is 2. The van der Waals surface area contributed by atoms with Crippen LogP contribution in [0.1, 0.15) is 55.7 Å². The van der Waals surface area contributed by atoms with Crippen LogP contribution in [-0.4, -0.2) is 26.4 Å². The number of aromatic nitrogens is 3. The van der Waals surface area contributed by atoms with E-state index in [0.717, 1.165) is 33.8 Å². The Bertz CT molecular complexity index is 1540. The van der Waals surface area contributed by atoms with Gasteiger partial charge in [-0.15, -0.1) is 0 Å². The summed E-state index contributed by atoms with van der Waals surface area (Å²) < 4.78 is 28.8. The standard InChI is InChI=1S/C25H21ClF2N6O2/c1-12-14-4-7-20(15(14)3-6-19(12)29)33-25(36)22-9-21(32-23-18(28)11-31-34(22)23)24(35)30-10-13-2-5-17(27)16(26)8-13/h2-3,5-6,8-9,11,20H,4,7,10,29H2,1H3,(H,30,35)(H,33,36)/t20-/m0/s1. The molecule has 0 saturated heterocycles. The fraction of sp³-hybridized carbons (Fsp3) is 0.200. The number of amides is 2. The van der Waals surface area contributed by atoms with E-state index < -0.39 is 23.4 Å². The Hall–Kier alpha value is -4.05. The fourth-order valence-electron chi connectivity index (χ4n) is 4.42. The third-order valence-electron chi connectivity index (χ3n) is 6.37. The van der Waals surface area contributed by atoms with Gasteiger partial charge in [-0.2, -0.15) is 5.10 Å². The summed E-state index contributed by atoms with van der Waals surface area (Å²) in [6.45, 7) is 1.97. The third-order valence-corrected chi connectivity index (χ3v) is 6.66. The van der Waals surface area contributed by atoms with Crippen molar-refractivity contribution in [1.82, 2.24) is 25.2 Å². The van der Waals surface area contributed by atoms with Crippen LogP contribution in [0.3, 0.4) is 0 Å². The number of carbonyl (C=O) groups excluding carboxylic acids is 2. The van der Waals surface area contributed by atoms with Crippen molar-refractivity contribution < 1.29 is 18.4 Å². The second kappa shape index (κ2) is 9.19. The number of halogens is 3. The number of nitrogens with two attached hydrogens (primary N) is 1. The van der Waals surface area contributed by atoms with Gasteiger partial charge < -0.3 is 16.4 Å². The smallest absolute Gasteiger partial charge is 0.270 e. The van der Waals surface area contributed by atoms with E-state index in [0.29, 0.717) is 17.7 Å². The monoisotopic (exact) mass is 510 g/mol. The summed E-state index contributed by atoms with van der Waals surface area (Å²) in [5, 5.41) is 9.43. The highest BCUT2D eigenvalue weighted by molar-refractivity contribution is 6.30. The molecule has 36 heavy (non-hydrogen) atoms. The SMILES string of the molecule is Cc1c(N)ccc2c1CC[C@@H]2NC(=O)c1cc(C(=O)NCc2ccc(F)c(Cl)c2)nc2c(F)cnn12. The first kappa shape index (κ1) is 23.7. The lowest BCUT2D eigenvalue weighted by molar-refractivity contribution is 0.0929. The molecule has 184 valence electrons. The molecule has 1 aliphatic rings. The Labute approximate surface area is 209 Å². The Morgan fingerprint density at radius 1 is 1.17 bits per heavy atom. The van der Waals surface area contributed by atoms with Crippen LogP contribution in [0.5, 0.6) is 0 Å². The van der Waals surface area contributed by atoms with Crippen molar-refractivity contribution in [2.45, 2.75) is 32.4 Å². The van der Waals surface area contributed by atoms with Crippen molar-refractivity contribution in [3.8, 4) is 0 Å². The number of nitrogens with zero attached hydrogens (tertiary/aromatic N) is 3. The van der Waals surface area contributed by atoms with Crippen molar-refractivity contribution in [2.75, 3.05) is 5.73 Å². The summed E-state index contributed by atoms with van der Waals surface area (Å²) in [4.78, 5) is 30.1. The van der Waals surface area contributed by atoms with E-state index in [2.05, 4.69) is 20.7 Å². The minimum Gasteiger partial charge on any atom is -0.399 e. The Morgan fingerprint density at radius 2 is 1.97 bits per heavy atom. The van der Waals surface area contributed by atoms with E-state index in [1.807, 2.05) is 19.1 Å². The highest BCUT2D eigenvalue weighted by Crippen LogP contribution is 2.35. The van der Waals surface area contributed by atoms with Crippen LogP contribution in [0.15, 0.2) is 42.6 Å². The maximum atomic E-state index is 14.4. The molecule has 0 radical (unpaired) electrons. The first-order valence-corrected chi connectivity index (χ1v) is 11.6. The summed E-state index contributed by atoms with van der Waals surface area (Å²) in [6.07, 6.45) is 2.37. The highest BCUT2D eigenvalue weighted by Gasteiger charge is 2.28. The highest BCUT2D eigenvalue weighted by atomic mass is 35.5. The predicted octanol–water partition coefficient (Wildman–Crippen LogP) is 3.90. The Kier molecular flexibility index (Phi) is 6.05. The molecule has 1 aliphatic carbocycles. The topological polar surface area (TPSA) is 114 Å². The third kappa shape index (κ3) is 4.24. The largest absolute Gasteiger partial charge is 0.399 e. The molecule has 1 atom stereocenters. The normalized spacial score (nSPS) is 14.6. The lowest BCUT2D eigenvalue weighted by atomic mass is 10.0. The van der Waals surface area contributed by atoms with Crippen LogP contribution in [0.4, 0.5) is 14.5 Å². The summed E-state index contributed by atoms with van der Waals surface area (Å²) in [5.41, 5.74) is 9.87. The van der Waals surface area contributed by atoms with Crippen LogP contribution >= 0.6 is 11.6 Å². The number of nitrogen functional groups attached to an aromatic ring is 1. The van der Waals surface area contributed by atoms with Gasteiger partial charge in [-0.3, -0.25) is 9.59 Å².